The second-order valence-electron chi connectivity index (χ2n) is 3.17. The van der Waals surface area contributed by atoms with Crippen molar-refractivity contribution in [2.75, 3.05) is 6.54 Å². The van der Waals surface area contributed by atoms with E-state index in [1.165, 1.54) is 5.56 Å². The van der Waals surface area contributed by atoms with Gasteiger partial charge in [-0.05, 0) is 17.7 Å². The highest BCUT2D eigenvalue weighted by Crippen LogP contribution is 2.22. The summed E-state index contributed by atoms with van der Waals surface area (Å²) in [4.78, 5) is 11.0. The quantitative estimate of drug-likeness (QED) is 0.802. The van der Waals surface area contributed by atoms with Crippen LogP contribution in [0.4, 0.5) is 0 Å². The maximum atomic E-state index is 11.0. The Morgan fingerprint density at radius 2 is 2.14 bits per heavy atom. The van der Waals surface area contributed by atoms with Crippen LogP contribution >= 0.6 is 23.4 Å². The second kappa shape index (κ2) is 4.24. The zero-order chi connectivity index (χ0) is 9.97. The van der Waals surface area contributed by atoms with Gasteiger partial charge in [0.05, 0.1) is 0 Å². The number of β-lactam (4-membered cyclic amide) rings is 1. The van der Waals surface area contributed by atoms with Gasteiger partial charge in [-0.1, -0.05) is 23.7 Å². The molecule has 0 saturated carbocycles. The van der Waals surface area contributed by atoms with E-state index in [2.05, 4.69) is 5.32 Å². The van der Waals surface area contributed by atoms with E-state index in [9.17, 15) is 4.79 Å². The minimum atomic E-state index is 0.144. The lowest BCUT2D eigenvalue weighted by Crippen LogP contribution is -2.51. The van der Waals surface area contributed by atoms with Crippen LogP contribution in [0, 0.1) is 0 Å². The fraction of sp³-hybridized carbons (Fsp3) is 0.300. The summed E-state index contributed by atoms with van der Waals surface area (Å²) in [5.41, 5.74) is 1.21. The summed E-state index contributed by atoms with van der Waals surface area (Å²) in [7, 11) is 0. The molecule has 1 N–H and O–H groups in total. The van der Waals surface area contributed by atoms with Gasteiger partial charge < -0.3 is 5.32 Å². The first-order valence-corrected chi connectivity index (χ1v) is 5.82. The zero-order valence-corrected chi connectivity index (χ0v) is 9.07. The van der Waals surface area contributed by atoms with Gasteiger partial charge in [-0.2, -0.15) is 0 Å². The lowest BCUT2D eigenvalue weighted by molar-refractivity contribution is -0.124. The van der Waals surface area contributed by atoms with Crippen LogP contribution in [-0.2, 0) is 10.5 Å². The zero-order valence-electron chi connectivity index (χ0n) is 7.50. The summed E-state index contributed by atoms with van der Waals surface area (Å²) < 4.78 is 0. The molecule has 1 fully saturated rings. The summed E-state index contributed by atoms with van der Waals surface area (Å²) in [5, 5.41) is 3.62. The number of benzene rings is 1. The van der Waals surface area contributed by atoms with Crippen molar-refractivity contribution in [3.63, 3.8) is 0 Å². The third kappa shape index (κ3) is 2.22. The molecule has 1 aromatic rings. The van der Waals surface area contributed by atoms with Crippen molar-refractivity contribution in [3.05, 3.63) is 34.9 Å². The number of rotatable bonds is 3. The van der Waals surface area contributed by atoms with E-state index in [-0.39, 0.29) is 11.2 Å². The molecule has 0 aliphatic carbocycles. The molecule has 0 bridgehead atoms. The Morgan fingerprint density at radius 1 is 1.43 bits per heavy atom. The lowest BCUT2D eigenvalue weighted by Gasteiger charge is -2.25. The standard InChI is InChI=1S/C10H10ClNOS/c11-8-3-1-7(2-4-8)6-14-9-5-12-10(9)13/h1-4,9H,5-6H2,(H,12,13). The molecule has 1 aliphatic rings. The van der Waals surface area contributed by atoms with Crippen LogP contribution in [0.2, 0.25) is 5.02 Å². The normalized spacial score (nSPS) is 20.1. The number of thioether (sulfide) groups is 1. The fourth-order valence-electron chi connectivity index (χ4n) is 1.18. The van der Waals surface area contributed by atoms with Crippen LogP contribution in [0.25, 0.3) is 0 Å². The Bertz CT molecular complexity index is 338. The average molecular weight is 228 g/mol. The molecular formula is C10H10ClNOS. The highest BCUT2D eigenvalue weighted by atomic mass is 35.5. The number of amides is 1. The first-order chi connectivity index (χ1) is 6.75. The number of carbonyl (C=O) groups excluding carboxylic acids is 1. The molecule has 1 saturated heterocycles. The predicted octanol–water partition coefficient (Wildman–Crippen LogP) is 2.07. The second-order valence-corrected chi connectivity index (χ2v) is 4.80. The first-order valence-electron chi connectivity index (χ1n) is 4.39. The average Bonchev–Trinajstić information content (AvgIpc) is 2.19. The van der Waals surface area contributed by atoms with E-state index < -0.39 is 0 Å². The van der Waals surface area contributed by atoms with E-state index in [0.29, 0.717) is 0 Å². The van der Waals surface area contributed by atoms with E-state index in [1.807, 2.05) is 24.3 Å². The van der Waals surface area contributed by atoms with Crippen LogP contribution in [0.15, 0.2) is 24.3 Å². The maximum absolute atomic E-state index is 11.0. The molecular weight excluding hydrogens is 218 g/mol. The van der Waals surface area contributed by atoms with E-state index in [1.54, 1.807) is 11.8 Å². The largest absolute Gasteiger partial charge is 0.353 e. The minimum absolute atomic E-state index is 0.144. The Hall–Kier alpha value is -0.670. The van der Waals surface area contributed by atoms with Crippen molar-refractivity contribution in [2.45, 2.75) is 11.0 Å². The van der Waals surface area contributed by atoms with Gasteiger partial charge in [0.1, 0.15) is 5.25 Å². The van der Waals surface area contributed by atoms with Gasteiger partial charge in [-0.15, -0.1) is 11.8 Å². The van der Waals surface area contributed by atoms with Crippen molar-refractivity contribution in [3.8, 4) is 0 Å². The van der Waals surface area contributed by atoms with Gasteiger partial charge in [0.2, 0.25) is 5.91 Å². The third-order valence-corrected chi connectivity index (χ3v) is 3.65. The molecule has 1 aliphatic heterocycles. The van der Waals surface area contributed by atoms with Crippen LogP contribution in [0.1, 0.15) is 5.56 Å². The van der Waals surface area contributed by atoms with Gasteiger partial charge >= 0.3 is 0 Å². The number of nitrogens with one attached hydrogen (secondary N) is 1. The molecule has 1 heterocycles. The van der Waals surface area contributed by atoms with Gasteiger partial charge in [-0.25, -0.2) is 0 Å². The molecule has 1 amide bonds. The van der Waals surface area contributed by atoms with Crippen LogP contribution in [0.5, 0.6) is 0 Å². The van der Waals surface area contributed by atoms with Gasteiger partial charge in [0.15, 0.2) is 0 Å². The highest BCUT2D eigenvalue weighted by Gasteiger charge is 2.27. The van der Waals surface area contributed by atoms with E-state index in [0.717, 1.165) is 17.3 Å². The smallest absolute Gasteiger partial charge is 0.234 e. The van der Waals surface area contributed by atoms with Crippen LogP contribution < -0.4 is 5.32 Å². The molecule has 74 valence electrons. The van der Waals surface area contributed by atoms with E-state index in [4.69, 9.17) is 11.6 Å². The van der Waals surface area contributed by atoms with Crippen molar-refractivity contribution < 1.29 is 4.79 Å². The van der Waals surface area contributed by atoms with Crippen LogP contribution in [0.3, 0.4) is 0 Å². The summed E-state index contributed by atoms with van der Waals surface area (Å²) in [6, 6.07) is 7.73. The van der Waals surface area contributed by atoms with Crippen molar-refractivity contribution >= 4 is 29.3 Å². The molecule has 4 heteroatoms. The SMILES string of the molecule is O=C1NCC1SCc1ccc(Cl)cc1. The molecule has 0 aromatic heterocycles. The lowest BCUT2D eigenvalue weighted by atomic mass is 10.2. The minimum Gasteiger partial charge on any atom is -0.353 e. The topological polar surface area (TPSA) is 29.1 Å². The Balaban J connectivity index is 1.85. The summed E-state index contributed by atoms with van der Waals surface area (Å²) in [5.74, 6) is 1.03. The Labute approximate surface area is 92.0 Å². The van der Waals surface area contributed by atoms with Gasteiger partial charge in [0, 0.05) is 17.3 Å². The first kappa shape index (κ1) is 9.87. The molecule has 2 nitrogen and oxygen atoms in total. The predicted molar refractivity (Wildman–Crippen MR) is 59.5 cm³/mol. The summed E-state index contributed by atoms with van der Waals surface area (Å²) in [6.07, 6.45) is 0. The number of hydrogen-bond donors (Lipinski definition) is 1. The molecule has 1 aromatic carbocycles. The van der Waals surface area contributed by atoms with E-state index >= 15 is 0 Å². The maximum Gasteiger partial charge on any atom is 0.234 e. The van der Waals surface area contributed by atoms with Gasteiger partial charge in [-0.3, -0.25) is 4.79 Å². The van der Waals surface area contributed by atoms with Crippen molar-refractivity contribution in [1.29, 1.82) is 0 Å². The molecule has 2 rings (SSSR count). The number of carbonyl (C=O) groups is 1. The molecule has 1 atom stereocenters. The number of hydrogen-bond acceptors (Lipinski definition) is 2. The van der Waals surface area contributed by atoms with Crippen molar-refractivity contribution in [1.82, 2.24) is 5.32 Å². The van der Waals surface area contributed by atoms with Gasteiger partial charge in [0.25, 0.3) is 0 Å². The summed E-state index contributed by atoms with van der Waals surface area (Å²) in [6.45, 7) is 0.803. The molecule has 1 unspecified atom stereocenters. The Morgan fingerprint density at radius 3 is 2.64 bits per heavy atom. The van der Waals surface area contributed by atoms with Crippen molar-refractivity contribution in [2.24, 2.45) is 0 Å². The molecule has 0 radical (unpaired) electrons. The summed E-state index contributed by atoms with van der Waals surface area (Å²) >= 11 is 7.44. The monoisotopic (exact) mass is 227 g/mol. The Kier molecular flexibility index (Phi) is 2.99. The fourth-order valence-corrected chi connectivity index (χ4v) is 2.33. The number of halogens is 1. The highest BCUT2D eigenvalue weighted by molar-refractivity contribution is 8.00. The molecule has 0 spiro atoms. The molecule has 14 heavy (non-hydrogen) atoms. The third-order valence-electron chi connectivity index (χ3n) is 2.12. The van der Waals surface area contributed by atoms with Crippen LogP contribution in [-0.4, -0.2) is 17.7 Å².